The van der Waals surface area contributed by atoms with Crippen LogP contribution in [0.5, 0.6) is 5.75 Å². The van der Waals surface area contributed by atoms with E-state index < -0.39 is 0 Å². The van der Waals surface area contributed by atoms with Gasteiger partial charge in [-0.1, -0.05) is 30.3 Å². The number of hydrogen-bond acceptors (Lipinski definition) is 4. The maximum absolute atomic E-state index is 11.9. The van der Waals surface area contributed by atoms with Crippen molar-refractivity contribution in [2.24, 2.45) is 7.05 Å². The van der Waals surface area contributed by atoms with Crippen LogP contribution in [0.4, 0.5) is 5.95 Å². The van der Waals surface area contributed by atoms with Gasteiger partial charge in [0.15, 0.2) is 0 Å². The molecule has 0 bridgehead atoms. The minimum atomic E-state index is -0.181. The van der Waals surface area contributed by atoms with E-state index in [9.17, 15) is 4.79 Å². The third kappa shape index (κ3) is 2.94. The minimum absolute atomic E-state index is 0.181. The smallest absolute Gasteiger partial charge is 0.255 e. The summed E-state index contributed by atoms with van der Waals surface area (Å²) in [7, 11) is 3.24. The van der Waals surface area contributed by atoms with E-state index in [-0.39, 0.29) is 11.5 Å². The molecule has 0 aliphatic rings. The van der Waals surface area contributed by atoms with Gasteiger partial charge in [-0.15, -0.1) is 0 Å². The summed E-state index contributed by atoms with van der Waals surface area (Å²) >= 11 is 0. The van der Waals surface area contributed by atoms with E-state index in [1.165, 1.54) is 10.6 Å². The highest BCUT2D eigenvalue weighted by atomic mass is 16.5. The highest BCUT2D eigenvalue weighted by Crippen LogP contribution is 2.27. The summed E-state index contributed by atoms with van der Waals surface area (Å²) in [6.07, 6.45) is 0. The molecule has 5 heteroatoms. The fraction of sp³-hybridized carbons (Fsp3) is 0.111. The molecule has 0 amide bonds. The summed E-state index contributed by atoms with van der Waals surface area (Å²) in [6.45, 7) is 0. The van der Waals surface area contributed by atoms with Crippen LogP contribution in [0.1, 0.15) is 0 Å². The molecule has 0 saturated carbocycles. The second kappa shape index (κ2) is 5.96. The Hall–Kier alpha value is -3.08. The van der Waals surface area contributed by atoms with Gasteiger partial charge in [0, 0.05) is 18.7 Å². The van der Waals surface area contributed by atoms with Crippen LogP contribution in [0.15, 0.2) is 59.4 Å². The van der Waals surface area contributed by atoms with Gasteiger partial charge < -0.3 is 10.5 Å². The predicted octanol–water partition coefficient (Wildman–Crippen LogP) is 2.71. The van der Waals surface area contributed by atoms with Crippen molar-refractivity contribution in [1.82, 2.24) is 9.55 Å². The summed E-state index contributed by atoms with van der Waals surface area (Å²) in [5, 5.41) is 0. The summed E-state index contributed by atoms with van der Waals surface area (Å²) in [6, 6.07) is 17.1. The lowest BCUT2D eigenvalue weighted by molar-refractivity contribution is 0.415. The number of aromatic nitrogens is 2. The first-order chi connectivity index (χ1) is 11.1. The molecular formula is C18H17N3O2. The van der Waals surface area contributed by atoms with Crippen LogP contribution in [0.25, 0.3) is 22.4 Å². The Balaban J connectivity index is 2.08. The third-order valence-electron chi connectivity index (χ3n) is 3.73. The minimum Gasteiger partial charge on any atom is -0.497 e. The highest BCUT2D eigenvalue weighted by molar-refractivity contribution is 5.72. The molecular weight excluding hydrogens is 290 g/mol. The average Bonchev–Trinajstić information content (AvgIpc) is 2.59. The molecule has 0 unspecified atom stereocenters. The molecule has 0 saturated heterocycles. The summed E-state index contributed by atoms with van der Waals surface area (Å²) < 4.78 is 6.58. The summed E-state index contributed by atoms with van der Waals surface area (Å²) in [5.74, 6) is 0.989. The van der Waals surface area contributed by atoms with Gasteiger partial charge in [-0.05, 0) is 29.3 Å². The summed E-state index contributed by atoms with van der Waals surface area (Å²) in [5.41, 5.74) is 9.05. The van der Waals surface area contributed by atoms with Crippen molar-refractivity contribution < 1.29 is 4.74 Å². The van der Waals surface area contributed by atoms with E-state index in [2.05, 4.69) is 4.98 Å². The lowest BCUT2D eigenvalue weighted by atomic mass is 10.0. The van der Waals surface area contributed by atoms with E-state index in [1.54, 1.807) is 14.2 Å². The highest BCUT2D eigenvalue weighted by Gasteiger charge is 2.07. The zero-order valence-electron chi connectivity index (χ0n) is 13.0. The standard InChI is InChI=1S/C18H17N3O2/c1-21-17(22)11-16(20-18(21)19)14-7-3-5-12(9-14)13-6-4-8-15(10-13)23-2/h3-11H,1-2H3,(H2,19,20). The zero-order chi connectivity index (χ0) is 16.4. The molecule has 0 radical (unpaired) electrons. The average molecular weight is 307 g/mol. The Kier molecular flexibility index (Phi) is 3.85. The Bertz CT molecular complexity index is 916. The van der Waals surface area contributed by atoms with Gasteiger partial charge in [0.2, 0.25) is 5.95 Å². The van der Waals surface area contributed by atoms with Gasteiger partial charge in [0.25, 0.3) is 5.56 Å². The van der Waals surface area contributed by atoms with E-state index in [4.69, 9.17) is 10.5 Å². The first kappa shape index (κ1) is 14.8. The maximum atomic E-state index is 11.9. The number of anilines is 1. The van der Waals surface area contributed by atoms with Crippen LogP contribution < -0.4 is 16.0 Å². The zero-order valence-corrected chi connectivity index (χ0v) is 13.0. The van der Waals surface area contributed by atoms with Gasteiger partial charge >= 0.3 is 0 Å². The van der Waals surface area contributed by atoms with E-state index in [1.807, 2.05) is 48.5 Å². The van der Waals surface area contributed by atoms with Gasteiger partial charge in [-0.2, -0.15) is 0 Å². The van der Waals surface area contributed by atoms with Crippen LogP contribution in [-0.4, -0.2) is 16.7 Å². The molecule has 116 valence electrons. The van der Waals surface area contributed by atoms with Crippen molar-refractivity contribution in [3.05, 3.63) is 65.0 Å². The lowest BCUT2D eigenvalue weighted by Gasteiger charge is -2.08. The predicted molar refractivity (Wildman–Crippen MR) is 91.3 cm³/mol. The summed E-state index contributed by atoms with van der Waals surface area (Å²) in [4.78, 5) is 16.2. The van der Waals surface area contributed by atoms with Gasteiger partial charge in [-0.25, -0.2) is 4.98 Å². The monoisotopic (exact) mass is 307 g/mol. The molecule has 5 nitrogen and oxygen atoms in total. The van der Waals surface area contributed by atoms with Crippen molar-refractivity contribution in [2.75, 3.05) is 12.8 Å². The maximum Gasteiger partial charge on any atom is 0.255 e. The van der Waals surface area contributed by atoms with Crippen LogP contribution in [-0.2, 0) is 7.05 Å². The number of ether oxygens (including phenoxy) is 1. The Labute approximate surface area is 134 Å². The largest absolute Gasteiger partial charge is 0.497 e. The van der Waals surface area contributed by atoms with E-state index in [0.717, 1.165) is 22.4 Å². The number of benzene rings is 2. The number of hydrogen-bond donors (Lipinski definition) is 1. The van der Waals surface area contributed by atoms with Gasteiger partial charge in [0.1, 0.15) is 5.75 Å². The fourth-order valence-corrected chi connectivity index (χ4v) is 2.37. The third-order valence-corrected chi connectivity index (χ3v) is 3.73. The number of methoxy groups -OCH3 is 1. The molecule has 2 N–H and O–H groups in total. The number of nitrogens with two attached hydrogens (primary N) is 1. The molecule has 1 aromatic heterocycles. The quantitative estimate of drug-likeness (QED) is 0.807. The Morgan fingerprint density at radius 3 is 2.35 bits per heavy atom. The second-order valence-corrected chi connectivity index (χ2v) is 5.21. The number of rotatable bonds is 3. The van der Waals surface area contributed by atoms with Crippen LogP contribution in [0.3, 0.4) is 0 Å². The molecule has 0 fully saturated rings. The molecule has 3 rings (SSSR count). The number of nitrogen functional groups attached to an aromatic ring is 1. The van der Waals surface area contributed by atoms with Crippen molar-refractivity contribution in [3.63, 3.8) is 0 Å². The Morgan fingerprint density at radius 2 is 1.65 bits per heavy atom. The van der Waals surface area contributed by atoms with E-state index >= 15 is 0 Å². The molecule has 23 heavy (non-hydrogen) atoms. The first-order valence-corrected chi connectivity index (χ1v) is 7.17. The molecule has 1 heterocycles. The normalized spacial score (nSPS) is 10.5. The fourth-order valence-electron chi connectivity index (χ4n) is 2.37. The van der Waals surface area contributed by atoms with E-state index in [0.29, 0.717) is 5.69 Å². The van der Waals surface area contributed by atoms with Crippen LogP contribution >= 0.6 is 0 Å². The number of nitrogens with zero attached hydrogens (tertiary/aromatic N) is 2. The molecule has 0 aliphatic carbocycles. The SMILES string of the molecule is COc1cccc(-c2cccc(-c3cc(=O)n(C)c(N)n3)c2)c1. The van der Waals surface area contributed by atoms with Gasteiger partial charge in [0.05, 0.1) is 12.8 Å². The van der Waals surface area contributed by atoms with Crippen molar-refractivity contribution >= 4 is 5.95 Å². The van der Waals surface area contributed by atoms with Crippen LogP contribution in [0.2, 0.25) is 0 Å². The van der Waals surface area contributed by atoms with Crippen molar-refractivity contribution in [1.29, 1.82) is 0 Å². The topological polar surface area (TPSA) is 70.1 Å². The lowest BCUT2D eigenvalue weighted by Crippen LogP contribution is -2.20. The molecule has 0 atom stereocenters. The molecule has 0 spiro atoms. The molecule has 3 aromatic rings. The van der Waals surface area contributed by atoms with Crippen molar-refractivity contribution in [3.8, 4) is 28.1 Å². The van der Waals surface area contributed by atoms with Crippen molar-refractivity contribution in [2.45, 2.75) is 0 Å². The molecule has 2 aromatic carbocycles. The second-order valence-electron chi connectivity index (χ2n) is 5.21. The molecule has 0 aliphatic heterocycles. The van der Waals surface area contributed by atoms with Crippen LogP contribution in [0, 0.1) is 0 Å². The Morgan fingerprint density at radius 1 is 1.00 bits per heavy atom. The first-order valence-electron chi connectivity index (χ1n) is 7.17. The van der Waals surface area contributed by atoms with Gasteiger partial charge in [-0.3, -0.25) is 9.36 Å².